The van der Waals surface area contributed by atoms with Crippen LogP contribution >= 0.6 is 0 Å². The number of fused-ring (bicyclic) bond motifs is 1. The molecule has 1 N–H and O–H groups in total. The van der Waals surface area contributed by atoms with Crippen LogP contribution in [0.4, 0.5) is 0 Å². The van der Waals surface area contributed by atoms with Gasteiger partial charge in [0.15, 0.2) is 0 Å². The Labute approximate surface area is 161 Å². The first kappa shape index (κ1) is 18.5. The Morgan fingerprint density at radius 2 is 2.04 bits per heavy atom. The summed E-state index contributed by atoms with van der Waals surface area (Å²) < 4.78 is 11.9. The summed E-state index contributed by atoms with van der Waals surface area (Å²) in [4.78, 5) is 2.43. The van der Waals surface area contributed by atoms with E-state index in [0.29, 0.717) is 19.1 Å². The van der Waals surface area contributed by atoms with Crippen LogP contribution in [-0.2, 0) is 16.8 Å². The fourth-order valence-corrected chi connectivity index (χ4v) is 4.24. The van der Waals surface area contributed by atoms with Gasteiger partial charge < -0.3 is 14.6 Å². The molecule has 0 bridgehead atoms. The van der Waals surface area contributed by atoms with Gasteiger partial charge in [-0.25, -0.2) is 0 Å². The Hall–Kier alpha value is -1.88. The van der Waals surface area contributed by atoms with Crippen LogP contribution in [-0.4, -0.2) is 48.5 Å². The van der Waals surface area contributed by atoms with E-state index >= 15 is 0 Å². The van der Waals surface area contributed by atoms with Crippen molar-refractivity contribution in [3.05, 3.63) is 65.2 Å². The van der Waals surface area contributed by atoms with Crippen molar-refractivity contribution in [2.24, 2.45) is 0 Å². The number of aliphatic hydroxyl groups is 1. The van der Waals surface area contributed by atoms with Gasteiger partial charge in [-0.15, -0.1) is 0 Å². The van der Waals surface area contributed by atoms with Crippen molar-refractivity contribution >= 4 is 0 Å². The third-order valence-electron chi connectivity index (χ3n) is 5.87. The van der Waals surface area contributed by atoms with Gasteiger partial charge >= 0.3 is 0 Å². The Morgan fingerprint density at radius 3 is 2.81 bits per heavy atom. The second-order valence-corrected chi connectivity index (χ2v) is 7.94. The molecule has 2 aromatic rings. The van der Waals surface area contributed by atoms with Crippen LogP contribution in [0.1, 0.15) is 37.0 Å². The van der Waals surface area contributed by atoms with Gasteiger partial charge in [0.2, 0.25) is 0 Å². The number of morpholine rings is 1. The standard InChI is InChI=1S/C23H29NO3/c1-17(2)24-12-13-26-21(15-24)16-27-20-8-9-22-18(14-20)10-11-23(22,25)19-6-4-3-5-7-19/h3-9,14,17,21,25H,10-13,15-16H2,1-2H3. The highest BCUT2D eigenvalue weighted by molar-refractivity contribution is 5.48. The topological polar surface area (TPSA) is 41.9 Å². The molecule has 0 saturated carbocycles. The van der Waals surface area contributed by atoms with Crippen molar-refractivity contribution in [2.45, 2.75) is 44.4 Å². The van der Waals surface area contributed by atoms with Crippen molar-refractivity contribution in [1.29, 1.82) is 0 Å². The van der Waals surface area contributed by atoms with E-state index in [2.05, 4.69) is 24.8 Å². The normalized spacial score (nSPS) is 25.6. The minimum Gasteiger partial charge on any atom is -0.491 e. The van der Waals surface area contributed by atoms with Crippen LogP contribution in [0, 0.1) is 0 Å². The van der Waals surface area contributed by atoms with Crippen LogP contribution in [0.25, 0.3) is 0 Å². The number of ether oxygens (including phenoxy) is 2. The van der Waals surface area contributed by atoms with Gasteiger partial charge in [-0.2, -0.15) is 0 Å². The van der Waals surface area contributed by atoms with E-state index < -0.39 is 5.60 Å². The number of benzene rings is 2. The first-order valence-corrected chi connectivity index (χ1v) is 9.96. The molecule has 2 atom stereocenters. The predicted octanol–water partition coefficient (Wildman–Crippen LogP) is 3.36. The van der Waals surface area contributed by atoms with Crippen LogP contribution in [0.3, 0.4) is 0 Å². The van der Waals surface area contributed by atoms with Crippen molar-refractivity contribution < 1.29 is 14.6 Å². The maximum absolute atomic E-state index is 11.3. The molecular formula is C23H29NO3. The lowest BCUT2D eigenvalue weighted by molar-refractivity contribution is -0.0564. The number of rotatable bonds is 5. The van der Waals surface area contributed by atoms with E-state index in [1.807, 2.05) is 42.5 Å². The van der Waals surface area contributed by atoms with Crippen molar-refractivity contribution in [1.82, 2.24) is 4.90 Å². The minimum absolute atomic E-state index is 0.107. The van der Waals surface area contributed by atoms with Crippen molar-refractivity contribution in [2.75, 3.05) is 26.3 Å². The van der Waals surface area contributed by atoms with Crippen LogP contribution in [0.5, 0.6) is 5.75 Å². The maximum atomic E-state index is 11.3. The molecule has 4 heteroatoms. The number of hydrogen-bond donors (Lipinski definition) is 1. The average molecular weight is 367 g/mol. The molecule has 1 heterocycles. The van der Waals surface area contributed by atoms with Gasteiger partial charge in [-0.3, -0.25) is 4.90 Å². The van der Waals surface area contributed by atoms with Gasteiger partial charge in [0, 0.05) is 19.1 Å². The SMILES string of the molecule is CC(C)N1CCOC(COc2ccc3c(c2)CCC3(O)c2ccccc2)C1. The number of nitrogens with zero attached hydrogens (tertiary/aromatic N) is 1. The molecule has 4 nitrogen and oxygen atoms in total. The zero-order valence-corrected chi connectivity index (χ0v) is 16.2. The molecular weight excluding hydrogens is 338 g/mol. The Morgan fingerprint density at radius 1 is 1.22 bits per heavy atom. The Kier molecular flexibility index (Phi) is 5.22. The highest BCUT2D eigenvalue weighted by Gasteiger charge is 2.38. The molecule has 1 aliphatic heterocycles. The van der Waals surface area contributed by atoms with Gasteiger partial charge in [0.25, 0.3) is 0 Å². The highest BCUT2D eigenvalue weighted by Crippen LogP contribution is 2.43. The Balaban J connectivity index is 1.44. The molecule has 0 aromatic heterocycles. The zero-order valence-electron chi connectivity index (χ0n) is 16.2. The lowest BCUT2D eigenvalue weighted by atomic mass is 9.88. The lowest BCUT2D eigenvalue weighted by Gasteiger charge is -2.35. The summed E-state index contributed by atoms with van der Waals surface area (Å²) in [5.74, 6) is 0.858. The smallest absolute Gasteiger partial charge is 0.119 e. The van der Waals surface area contributed by atoms with Crippen LogP contribution in [0.15, 0.2) is 48.5 Å². The molecule has 1 aliphatic carbocycles. The molecule has 144 valence electrons. The number of hydrogen-bond acceptors (Lipinski definition) is 4. The minimum atomic E-state index is -0.890. The molecule has 2 aromatic carbocycles. The molecule has 4 rings (SSSR count). The first-order chi connectivity index (χ1) is 13.1. The molecule has 1 saturated heterocycles. The quantitative estimate of drug-likeness (QED) is 0.880. The fraction of sp³-hybridized carbons (Fsp3) is 0.478. The van der Waals surface area contributed by atoms with Gasteiger partial charge in [-0.05, 0) is 55.5 Å². The fourth-order valence-electron chi connectivity index (χ4n) is 4.24. The summed E-state index contributed by atoms with van der Waals surface area (Å²) in [6.07, 6.45) is 1.68. The van der Waals surface area contributed by atoms with E-state index in [1.54, 1.807) is 0 Å². The molecule has 2 aliphatic rings. The van der Waals surface area contributed by atoms with Crippen molar-refractivity contribution in [3.63, 3.8) is 0 Å². The van der Waals surface area contributed by atoms with Crippen LogP contribution < -0.4 is 4.74 Å². The summed E-state index contributed by atoms with van der Waals surface area (Å²) in [5, 5.41) is 11.3. The monoisotopic (exact) mass is 367 g/mol. The van der Waals surface area contributed by atoms with E-state index in [1.165, 1.54) is 5.56 Å². The summed E-state index contributed by atoms with van der Waals surface area (Å²) in [6.45, 7) is 7.67. The van der Waals surface area contributed by atoms with E-state index in [0.717, 1.165) is 43.0 Å². The van der Waals surface area contributed by atoms with Gasteiger partial charge in [0.05, 0.1) is 6.61 Å². The van der Waals surface area contributed by atoms with Gasteiger partial charge in [0.1, 0.15) is 24.1 Å². The third kappa shape index (κ3) is 3.75. The van der Waals surface area contributed by atoms with E-state index in [-0.39, 0.29) is 6.10 Å². The second kappa shape index (κ2) is 7.63. The second-order valence-electron chi connectivity index (χ2n) is 7.94. The summed E-state index contributed by atoms with van der Waals surface area (Å²) in [5.41, 5.74) is 2.24. The predicted molar refractivity (Wildman–Crippen MR) is 106 cm³/mol. The summed E-state index contributed by atoms with van der Waals surface area (Å²) >= 11 is 0. The summed E-state index contributed by atoms with van der Waals surface area (Å²) in [7, 11) is 0. The number of aryl methyl sites for hydroxylation is 1. The molecule has 0 radical (unpaired) electrons. The average Bonchev–Trinajstić information content (AvgIpc) is 3.05. The highest BCUT2D eigenvalue weighted by atomic mass is 16.5. The molecule has 0 spiro atoms. The Bertz CT molecular complexity index is 776. The van der Waals surface area contributed by atoms with Crippen LogP contribution in [0.2, 0.25) is 0 Å². The zero-order chi connectivity index (χ0) is 18.9. The molecule has 27 heavy (non-hydrogen) atoms. The lowest BCUT2D eigenvalue weighted by Crippen LogP contribution is -2.47. The molecule has 0 amide bonds. The maximum Gasteiger partial charge on any atom is 0.119 e. The third-order valence-corrected chi connectivity index (χ3v) is 5.87. The first-order valence-electron chi connectivity index (χ1n) is 9.96. The summed E-state index contributed by atoms with van der Waals surface area (Å²) in [6, 6.07) is 16.6. The largest absolute Gasteiger partial charge is 0.491 e. The van der Waals surface area contributed by atoms with Gasteiger partial charge in [-0.1, -0.05) is 36.4 Å². The van der Waals surface area contributed by atoms with E-state index in [4.69, 9.17) is 9.47 Å². The van der Waals surface area contributed by atoms with E-state index in [9.17, 15) is 5.11 Å². The molecule has 1 fully saturated rings. The molecule has 2 unspecified atom stereocenters. The van der Waals surface area contributed by atoms with Crippen molar-refractivity contribution in [3.8, 4) is 5.75 Å².